The van der Waals surface area contributed by atoms with Crippen molar-refractivity contribution in [3.05, 3.63) is 0 Å². The number of amides is 2. The van der Waals surface area contributed by atoms with Gasteiger partial charge in [0.15, 0.2) is 0 Å². The minimum absolute atomic E-state index is 0. The normalized spacial score (nSPS) is 16.8. The van der Waals surface area contributed by atoms with Crippen LogP contribution < -0.4 is 0 Å². The fraction of sp³-hybridized carbons (Fsp3) is 0.600. The molecule has 4 nitrogen and oxygen atoms in total. The van der Waals surface area contributed by atoms with Gasteiger partial charge in [0.05, 0.1) is 0 Å². The minimum atomic E-state index is -1.13. The van der Waals surface area contributed by atoms with Crippen LogP contribution in [0.3, 0.4) is 0 Å². The molecule has 0 bridgehead atoms. The van der Waals surface area contributed by atoms with Gasteiger partial charge in [0, 0.05) is 30.0 Å². The van der Waals surface area contributed by atoms with E-state index >= 15 is 0 Å². The van der Waals surface area contributed by atoms with Crippen LogP contribution in [0.4, 0.5) is 4.79 Å². The Balaban J connectivity index is 0.000000810. The van der Waals surface area contributed by atoms with Crippen LogP contribution >= 0.6 is 0 Å². The molecule has 1 fully saturated rings. The molecule has 0 spiro atoms. The smallest absolute Gasteiger partial charge is 0.414 e. The third-order valence-electron chi connectivity index (χ3n) is 1.30. The standard InChI is InChI=1S/C5H7NO3.Cu/c7-4-2-1-3-6(4)5(8)9;/h1-3H2,(H,8,9);. The Kier molecular flexibility index (Phi) is 3.39. The minimum Gasteiger partial charge on any atom is -0.465 e. The Morgan fingerprint density at radius 2 is 2.20 bits per heavy atom. The van der Waals surface area contributed by atoms with Gasteiger partial charge in [-0.2, -0.15) is 0 Å². The van der Waals surface area contributed by atoms with Crippen molar-refractivity contribution < 1.29 is 31.8 Å². The van der Waals surface area contributed by atoms with Crippen molar-refractivity contribution in [2.24, 2.45) is 0 Å². The second kappa shape index (κ2) is 3.58. The zero-order valence-corrected chi connectivity index (χ0v) is 6.08. The van der Waals surface area contributed by atoms with Crippen molar-refractivity contribution in [3.63, 3.8) is 0 Å². The zero-order valence-electron chi connectivity index (χ0n) is 5.13. The molecule has 0 aromatic heterocycles. The largest absolute Gasteiger partial charge is 0.465 e. The van der Waals surface area contributed by atoms with Crippen LogP contribution in [0, 0.1) is 0 Å². The van der Waals surface area contributed by atoms with Crippen LogP contribution in [0.5, 0.6) is 0 Å². The number of carboxylic acid groups (broad SMARTS) is 1. The summed E-state index contributed by atoms with van der Waals surface area (Å²) in [6.45, 7) is 0.369. The maximum absolute atomic E-state index is 10.6. The van der Waals surface area contributed by atoms with Gasteiger partial charge in [-0.1, -0.05) is 0 Å². The van der Waals surface area contributed by atoms with Crippen LogP contribution in [-0.4, -0.2) is 28.6 Å². The van der Waals surface area contributed by atoms with Crippen molar-refractivity contribution in [2.75, 3.05) is 6.54 Å². The second-order valence-corrected chi connectivity index (χ2v) is 1.93. The number of rotatable bonds is 0. The van der Waals surface area contributed by atoms with E-state index in [0.717, 1.165) is 4.90 Å². The Bertz CT molecular complexity index is 159. The van der Waals surface area contributed by atoms with Crippen LogP contribution in [0.1, 0.15) is 12.8 Å². The molecular weight excluding hydrogens is 186 g/mol. The molecule has 5 heteroatoms. The number of hydrogen-bond acceptors (Lipinski definition) is 2. The average Bonchev–Trinajstić information content (AvgIpc) is 2.13. The monoisotopic (exact) mass is 192 g/mol. The molecule has 0 aromatic carbocycles. The van der Waals surface area contributed by atoms with E-state index in [4.69, 9.17) is 5.11 Å². The van der Waals surface area contributed by atoms with Gasteiger partial charge in [-0.15, -0.1) is 0 Å². The molecule has 0 aliphatic carbocycles. The summed E-state index contributed by atoms with van der Waals surface area (Å²) in [6, 6.07) is 0. The summed E-state index contributed by atoms with van der Waals surface area (Å²) in [4.78, 5) is 21.5. The quantitative estimate of drug-likeness (QED) is 0.561. The van der Waals surface area contributed by atoms with Crippen LogP contribution in [-0.2, 0) is 21.9 Å². The first kappa shape index (κ1) is 9.46. The summed E-state index contributed by atoms with van der Waals surface area (Å²) in [6.07, 6.45) is -0.0743. The van der Waals surface area contributed by atoms with E-state index in [1.807, 2.05) is 0 Å². The molecule has 1 heterocycles. The van der Waals surface area contributed by atoms with E-state index in [-0.39, 0.29) is 23.0 Å². The molecule has 0 aromatic rings. The van der Waals surface area contributed by atoms with Crippen molar-refractivity contribution in [1.29, 1.82) is 0 Å². The van der Waals surface area contributed by atoms with Gasteiger partial charge in [0.1, 0.15) is 0 Å². The maximum Gasteiger partial charge on any atom is 0.414 e. The Hall–Kier alpha value is -0.541. The van der Waals surface area contributed by atoms with Crippen molar-refractivity contribution in [3.8, 4) is 0 Å². The number of carbonyl (C=O) groups excluding carboxylic acids is 1. The summed E-state index contributed by atoms with van der Waals surface area (Å²) >= 11 is 0. The van der Waals surface area contributed by atoms with E-state index in [1.54, 1.807) is 0 Å². The van der Waals surface area contributed by atoms with Gasteiger partial charge in [-0.3, -0.25) is 4.79 Å². The van der Waals surface area contributed by atoms with E-state index in [2.05, 4.69) is 0 Å². The Labute approximate surface area is 68.7 Å². The van der Waals surface area contributed by atoms with Crippen LogP contribution in [0.2, 0.25) is 0 Å². The van der Waals surface area contributed by atoms with Crippen molar-refractivity contribution in [1.82, 2.24) is 4.90 Å². The summed E-state index contributed by atoms with van der Waals surface area (Å²) in [5, 5.41) is 8.29. The molecule has 1 radical (unpaired) electrons. The topological polar surface area (TPSA) is 57.6 Å². The van der Waals surface area contributed by atoms with E-state index < -0.39 is 6.09 Å². The van der Waals surface area contributed by atoms with Gasteiger partial charge < -0.3 is 5.11 Å². The number of hydrogen-bond donors (Lipinski definition) is 1. The molecule has 61 valence electrons. The van der Waals surface area contributed by atoms with E-state index in [0.29, 0.717) is 19.4 Å². The SMILES string of the molecule is O=C(O)N1CCCC1=O.[Cu]. The first-order chi connectivity index (χ1) is 4.22. The molecule has 1 N–H and O–H groups in total. The Morgan fingerprint density at radius 3 is 2.40 bits per heavy atom. The first-order valence-electron chi connectivity index (χ1n) is 2.75. The number of carbonyl (C=O) groups is 2. The summed E-state index contributed by atoms with van der Waals surface area (Å²) in [7, 11) is 0. The summed E-state index contributed by atoms with van der Waals surface area (Å²) in [5.41, 5.74) is 0. The maximum atomic E-state index is 10.6. The van der Waals surface area contributed by atoms with Crippen molar-refractivity contribution >= 4 is 12.0 Å². The van der Waals surface area contributed by atoms with Crippen molar-refractivity contribution in [2.45, 2.75) is 12.8 Å². The number of imide groups is 1. The number of likely N-dealkylation sites (tertiary alicyclic amines) is 1. The third kappa shape index (κ3) is 1.72. The zero-order chi connectivity index (χ0) is 6.85. The summed E-state index contributed by atoms with van der Waals surface area (Å²) < 4.78 is 0. The molecule has 1 rings (SSSR count). The first-order valence-corrected chi connectivity index (χ1v) is 2.75. The van der Waals surface area contributed by atoms with Gasteiger partial charge in [0.25, 0.3) is 0 Å². The fourth-order valence-corrected chi connectivity index (χ4v) is 0.850. The summed E-state index contributed by atoms with van der Waals surface area (Å²) in [5.74, 6) is -0.275. The predicted octanol–water partition coefficient (Wildman–Crippen LogP) is 0.284. The molecule has 1 aliphatic rings. The second-order valence-electron chi connectivity index (χ2n) is 1.93. The van der Waals surface area contributed by atoms with E-state index in [9.17, 15) is 9.59 Å². The van der Waals surface area contributed by atoms with Crippen LogP contribution in [0.25, 0.3) is 0 Å². The third-order valence-corrected chi connectivity index (χ3v) is 1.30. The van der Waals surface area contributed by atoms with Gasteiger partial charge >= 0.3 is 6.09 Å². The molecule has 1 saturated heterocycles. The van der Waals surface area contributed by atoms with Gasteiger partial charge in [-0.25, -0.2) is 9.69 Å². The molecule has 1 aliphatic heterocycles. The van der Waals surface area contributed by atoms with Gasteiger partial charge in [0.2, 0.25) is 5.91 Å². The molecular formula is C5H7CuNO3. The van der Waals surface area contributed by atoms with Gasteiger partial charge in [-0.05, 0) is 6.42 Å². The number of nitrogens with zero attached hydrogens (tertiary/aromatic N) is 1. The fourth-order valence-electron chi connectivity index (χ4n) is 0.850. The molecule has 0 unspecified atom stereocenters. The van der Waals surface area contributed by atoms with Crippen LogP contribution in [0.15, 0.2) is 0 Å². The molecule has 0 atom stereocenters. The Morgan fingerprint density at radius 1 is 1.60 bits per heavy atom. The molecule has 0 saturated carbocycles. The molecule has 2 amide bonds. The molecule has 10 heavy (non-hydrogen) atoms. The predicted molar refractivity (Wildman–Crippen MR) is 29.0 cm³/mol. The average molecular weight is 193 g/mol. The van der Waals surface area contributed by atoms with E-state index in [1.165, 1.54) is 0 Å².